The van der Waals surface area contributed by atoms with Crippen molar-refractivity contribution in [1.82, 2.24) is 0 Å². The van der Waals surface area contributed by atoms with Crippen LogP contribution in [0.1, 0.15) is 155 Å². The van der Waals surface area contributed by atoms with Crippen molar-refractivity contribution < 1.29 is 0 Å². The van der Waals surface area contributed by atoms with Crippen molar-refractivity contribution in [3.05, 3.63) is 11.1 Å². The molecule has 0 heterocycles. The molecule has 7 saturated carbocycles. The first kappa shape index (κ1) is 26.4. The van der Waals surface area contributed by atoms with Crippen molar-refractivity contribution >= 4 is 0 Å². The Morgan fingerprint density at radius 1 is 0.564 bits per heavy atom. The van der Waals surface area contributed by atoms with Crippen molar-refractivity contribution in [3.8, 4) is 0 Å². The van der Waals surface area contributed by atoms with Gasteiger partial charge in [-0.2, -0.15) is 0 Å². The van der Waals surface area contributed by atoms with Crippen molar-refractivity contribution in [1.29, 1.82) is 0 Å². The molecule has 0 aromatic heterocycles. The van der Waals surface area contributed by atoms with Crippen LogP contribution in [0, 0.1) is 76.4 Å². The fourth-order valence-corrected chi connectivity index (χ4v) is 14.6. The summed E-state index contributed by atoms with van der Waals surface area (Å²) in [5.74, 6) is 12.7. The molecule has 0 saturated heterocycles. The zero-order valence-electron chi connectivity index (χ0n) is 26.0. The molecule has 0 nitrogen and oxygen atoms in total. The van der Waals surface area contributed by atoms with E-state index in [2.05, 4.69) is 25.0 Å². The highest BCUT2D eigenvalue weighted by molar-refractivity contribution is 5.31. The monoisotopic (exact) mass is 530 g/mol. The predicted molar refractivity (Wildman–Crippen MR) is 164 cm³/mol. The van der Waals surface area contributed by atoms with Crippen molar-refractivity contribution in [2.45, 2.75) is 155 Å². The summed E-state index contributed by atoms with van der Waals surface area (Å²) in [7, 11) is 0. The number of hydrogen-bond acceptors (Lipinski definition) is 0. The Kier molecular flexibility index (Phi) is 7.08. The molecule has 0 N–H and O–H groups in total. The second-order valence-corrected chi connectivity index (χ2v) is 17.5. The van der Waals surface area contributed by atoms with Crippen LogP contribution in [0.2, 0.25) is 0 Å². The summed E-state index contributed by atoms with van der Waals surface area (Å²) in [5, 5.41) is 0. The quantitative estimate of drug-likeness (QED) is 0.318. The molecule has 8 rings (SSSR count). The average molecular weight is 531 g/mol. The van der Waals surface area contributed by atoms with E-state index < -0.39 is 0 Å². The van der Waals surface area contributed by atoms with Gasteiger partial charge in [0.25, 0.3) is 0 Å². The molecule has 8 aliphatic rings. The highest BCUT2D eigenvalue weighted by Crippen LogP contribution is 2.66. The summed E-state index contributed by atoms with van der Waals surface area (Å²) in [5.41, 5.74) is 4.87. The third kappa shape index (κ3) is 4.31. The van der Waals surface area contributed by atoms with Crippen LogP contribution >= 0.6 is 0 Å². The Morgan fingerprint density at radius 3 is 2.21 bits per heavy atom. The smallest absolute Gasteiger partial charge is 0.0169 e. The van der Waals surface area contributed by atoms with Gasteiger partial charge in [0.05, 0.1) is 0 Å². The number of rotatable bonds is 3. The Bertz CT molecular complexity index is 916. The number of fused-ring (bicyclic) bond motifs is 7. The summed E-state index contributed by atoms with van der Waals surface area (Å²) in [6.07, 6.45) is 34.5. The van der Waals surface area contributed by atoms with Crippen LogP contribution in [0.25, 0.3) is 0 Å². The number of allylic oxidation sites excluding steroid dienone is 2. The van der Waals surface area contributed by atoms with Gasteiger partial charge in [-0.25, -0.2) is 0 Å². The van der Waals surface area contributed by atoms with Gasteiger partial charge in [0.1, 0.15) is 0 Å². The lowest BCUT2D eigenvalue weighted by Gasteiger charge is -2.53. The SMILES string of the molecule is CC1(C)C2CCCCC2C2CCC(C(C3CCCCC3)[C@H]3CC4CC[C@H]5CCCCC5C4=C4CCCC43)CC21. The van der Waals surface area contributed by atoms with Gasteiger partial charge >= 0.3 is 0 Å². The zero-order chi connectivity index (χ0) is 26.1. The van der Waals surface area contributed by atoms with Crippen LogP contribution in [0.3, 0.4) is 0 Å². The Labute approximate surface area is 242 Å². The Morgan fingerprint density at radius 2 is 1.31 bits per heavy atom. The van der Waals surface area contributed by atoms with Gasteiger partial charge in [-0.1, -0.05) is 82.8 Å². The first-order valence-corrected chi connectivity index (χ1v) is 18.8. The van der Waals surface area contributed by atoms with Crippen LogP contribution in [-0.2, 0) is 0 Å². The third-order valence-corrected chi connectivity index (χ3v) is 15.9. The van der Waals surface area contributed by atoms with E-state index in [-0.39, 0.29) is 0 Å². The zero-order valence-corrected chi connectivity index (χ0v) is 26.0. The second-order valence-electron chi connectivity index (χ2n) is 17.5. The van der Waals surface area contributed by atoms with Gasteiger partial charge in [-0.05, 0) is 160 Å². The Hall–Kier alpha value is -0.260. The fraction of sp³-hybridized carbons (Fsp3) is 0.949. The van der Waals surface area contributed by atoms with E-state index in [1.165, 1.54) is 38.5 Å². The number of hydrogen-bond donors (Lipinski definition) is 0. The molecule has 0 aliphatic heterocycles. The second kappa shape index (κ2) is 10.5. The molecule has 0 amide bonds. The maximum absolute atomic E-state index is 2.76. The lowest BCUT2D eigenvalue weighted by Crippen LogP contribution is -2.44. The molecule has 0 aromatic rings. The summed E-state index contributed by atoms with van der Waals surface area (Å²) in [4.78, 5) is 0. The maximum Gasteiger partial charge on any atom is -0.0169 e. The minimum absolute atomic E-state index is 0.614. The highest BCUT2D eigenvalue weighted by atomic mass is 14.6. The van der Waals surface area contributed by atoms with Gasteiger partial charge in [0.15, 0.2) is 0 Å². The third-order valence-electron chi connectivity index (χ3n) is 15.9. The molecular weight excluding hydrogens is 468 g/mol. The van der Waals surface area contributed by atoms with Crippen LogP contribution in [0.4, 0.5) is 0 Å². The van der Waals surface area contributed by atoms with E-state index in [0.717, 1.165) is 71.0 Å². The molecule has 7 fully saturated rings. The molecule has 11 atom stereocenters. The maximum atomic E-state index is 2.76. The van der Waals surface area contributed by atoms with Crippen molar-refractivity contribution in [2.24, 2.45) is 76.4 Å². The van der Waals surface area contributed by atoms with Crippen LogP contribution in [-0.4, -0.2) is 0 Å². The fourth-order valence-electron chi connectivity index (χ4n) is 14.6. The highest BCUT2D eigenvalue weighted by Gasteiger charge is 2.58. The van der Waals surface area contributed by atoms with Gasteiger partial charge in [-0.15, -0.1) is 0 Å². The van der Waals surface area contributed by atoms with E-state index >= 15 is 0 Å². The molecule has 0 aromatic carbocycles. The molecule has 8 aliphatic carbocycles. The molecule has 0 spiro atoms. The summed E-state index contributed by atoms with van der Waals surface area (Å²) in [6, 6.07) is 0. The van der Waals surface area contributed by atoms with Crippen LogP contribution in [0.15, 0.2) is 11.1 Å². The average Bonchev–Trinajstić information content (AvgIpc) is 3.55. The van der Waals surface area contributed by atoms with E-state index in [1.807, 2.05) is 0 Å². The van der Waals surface area contributed by atoms with E-state index in [9.17, 15) is 0 Å². The first-order valence-electron chi connectivity index (χ1n) is 18.8. The van der Waals surface area contributed by atoms with Crippen LogP contribution < -0.4 is 0 Å². The standard InChI is InChI=1S/C39H62/c1-39(2)35-18-9-8-15-31(35)32-22-21-28(24-36(32)39)37(26-12-4-3-5-13-26)34-23-27-20-19-25-11-6-7-14-29(25)38(27)33-17-10-16-30(33)34/h25-32,34-37H,3-24H2,1-2H3/t25-,27?,28?,29?,30?,31?,32?,34+,35?,36?,37?/m1/s1. The van der Waals surface area contributed by atoms with Crippen molar-refractivity contribution in [3.63, 3.8) is 0 Å². The lowest BCUT2D eigenvalue weighted by molar-refractivity contribution is 0.00217. The van der Waals surface area contributed by atoms with Gasteiger partial charge in [0, 0.05) is 0 Å². The van der Waals surface area contributed by atoms with E-state index in [4.69, 9.17) is 0 Å². The Balaban J connectivity index is 1.12. The minimum atomic E-state index is 0.614. The molecule has 0 radical (unpaired) electrons. The molecule has 9 unspecified atom stereocenters. The van der Waals surface area contributed by atoms with E-state index in [1.54, 1.807) is 103 Å². The largest absolute Gasteiger partial charge is 0.0670 e. The molecular formula is C39H62. The van der Waals surface area contributed by atoms with Crippen LogP contribution in [0.5, 0.6) is 0 Å². The van der Waals surface area contributed by atoms with Gasteiger partial charge < -0.3 is 0 Å². The molecule has 218 valence electrons. The minimum Gasteiger partial charge on any atom is -0.0670 e. The lowest BCUT2D eigenvalue weighted by atomic mass is 9.52. The summed E-state index contributed by atoms with van der Waals surface area (Å²) in [6.45, 7) is 5.51. The predicted octanol–water partition coefficient (Wildman–Crippen LogP) is 11.4. The summed E-state index contributed by atoms with van der Waals surface area (Å²) >= 11 is 0. The first-order chi connectivity index (χ1) is 19.1. The molecule has 39 heavy (non-hydrogen) atoms. The molecule has 0 bridgehead atoms. The van der Waals surface area contributed by atoms with E-state index in [0.29, 0.717) is 5.41 Å². The van der Waals surface area contributed by atoms with Crippen molar-refractivity contribution in [2.75, 3.05) is 0 Å². The van der Waals surface area contributed by atoms with Gasteiger partial charge in [0.2, 0.25) is 0 Å². The molecule has 0 heteroatoms. The topological polar surface area (TPSA) is 0 Å². The van der Waals surface area contributed by atoms with Gasteiger partial charge in [-0.3, -0.25) is 0 Å². The summed E-state index contributed by atoms with van der Waals surface area (Å²) < 4.78 is 0. The normalized spacial score (nSPS) is 48.5.